The quantitative estimate of drug-likeness (QED) is 0.552. The average Bonchev–Trinajstić information content (AvgIpc) is 2.75. The fraction of sp³-hybridized carbons (Fsp3) is 0.444. The SMILES string of the molecule is CC#C[C@@]1(O)CC[C@@]2(Cc3ccccc3)c3ccc(OC(=S)N(C)C)cc3CC[C@@H]2C1. The molecule has 0 aromatic heterocycles. The highest BCUT2D eigenvalue weighted by molar-refractivity contribution is 7.80. The van der Waals surface area contributed by atoms with Crippen LogP contribution < -0.4 is 4.74 Å². The number of benzene rings is 2. The topological polar surface area (TPSA) is 32.7 Å². The van der Waals surface area contributed by atoms with Crippen LogP contribution in [0.1, 0.15) is 49.3 Å². The monoisotopic (exact) mass is 433 g/mol. The van der Waals surface area contributed by atoms with Crippen molar-refractivity contribution in [2.45, 2.75) is 56.5 Å². The molecule has 1 saturated carbocycles. The third-order valence-corrected chi connectivity index (χ3v) is 7.46. The maximum atomic E-state index is 11.1. The van der Waals surface area contributed by atoms with Crippen LogP contribution >= 0.6 is 12.2 Å². The Labute approximate surface area is 191 Å². The zero-order valence-corrected chi connectivity index (χ0v) is 19.5. The summed E-state index contributed by atoms with van der Waals surface area (Å²) >= 11 is 5.33. The highest BCUT2D eigenvalue weighted by atomic mass is 32.1. The summed E-state index contributed by atoms with van der Waals surface area (Å²) in [4.78, 5) is 1.80. The number of aliphatic hydroxyl groups is 1. The number of aryl methyl sites for hydroxylation is 1. The van der Waals surface area contributed by atoms with E-state index in [-0.39, 0.29) is 5.41 Å². The number of hydrogen-bond acceptors (Lipinski definition) is 3. The molecule has 2 aliphatic carbocycles. The lowest BCUT2D eigenvalue weighted by molar-refractivity contribution is -0.00803. The van der Waals surface area contributed by atoms with E-state index in [0.717, 1.165) is 37.9 Å². The van der Waals surface area contributed by atoms with Gasteiger partial charge in [0.05, 0.1) is 0 Å². The molecule has 31 heavy (non-hydrogen) atoms. The van der Waals surface area contributed by atoms with Gasteiger partial charge in [-0.05, 0) is 92.4 Å². The Balaban J connectivity index is 1.73. The van der Waals surface area contributed by atoms with Crippen molar-refractivity contribution in [3.63, 3.8) is 0 Å². The molecule has 0 spiro atoms. The van der Waals surface area contributed by atoms with Crippen LogP contribution in [0, 0.1) is 17.8 Å². The van der Waals surface area contributed by atoms with Crippen LogP contribution in [0.5, 0.6) is 5.75 Å². The lowest BCUT2D eigenvalue weighted by atomic mass is 9.52. The first kappa shape index (κ1) is 21.9. The largest absolute Gasteiger partial charge is 0.432 e. The summed E-state index contributed by atoms with van der Waals surface area (Å²) in [5.74, 6) is 7.26. The van der Waals surface area contributed by atoms with Gasteiger partial charge in [0.25, 0.3) is 5.17 Å². The lowest BCUT2D eigenvalue weighted by Crippen LogP contribution is -2.50. The van der Waals surface area contributed by atoms with Gasteiger partial charge in [-0.2, -0.15) is 0 Å². The highest BCUT2D eigenvalue weighted by Crippen LogP contribution is 2.54. The third kappa shape index (κ3) is 4.35. The molecule has 2 aromatic carbocycles. The number of rotatable bonds is 3. The minimum Gasteiger partial charge on any atom is -0.432 e. The van der Waals surface area contributed by atoms with Crippen LogP contribution in [0.25, 0.3) is 0 Å². The van der Waals surface area contributed by atoms with Crippen LogP contribution in [0.2, 0.25) is 0 Å². The maximum absolute atomic E-state index is 11.1. The molecule has 2 aliphatic rings. The third-order valence-electron chi connectivity index (χ3n) is 7.02. The van der Waals surface area contributed by atoms with Gasteiger partial charge in [-0.15, -0.1) is 5.92 Å². The van der Waals surface area contributed by atoms with E-state index in [9.17, 15) is 5.11 Å². The number of fused-ring (bicyclic) bond motifs is 3. The number of hydrogen-bond donors (Lipinski definition) is 1. The van der Waals surface area contributed by atoms with Gasteiger partial charge in [-0.25, -0.2) is 0 Å². The first-order valence-corrected chi connectivity index (χ1v) is 11.5. The Morgan fingerprint density at radius 3 is 2.68 bits per heavy atom. The second-order valence-corrected chi connectivity index (χ2v) is 9.60. The number of nitrogens with zero attached hydrogens (tertiary/aromatic N) is 1. The Morgan fingerprint density at radius 2 is 1.97 bits per heavy atom. The van der Waals surface area contributed by atoms with Gasteiger partial charge in [0, 0.05) is 19.5 Å². The molecule has 0 aliphatic heterocycles. The minimum atomic E-state index is -0.863. The van der Waals surface area contributed by atoms with Crippen LogP contribution in [0.4, 0.5) is 0 Å². The molecule has 0 amide bonds. The standard InChI is InChI=1S/C27H31NO2S/c1-4-14-26(29)15-16-27(18-20-8-6-5-7-9-20)22(19-26)11-10-21-17-23(12-13-24(21)27)30-25(31)28(2)3/h5-9,12-13,17,22,29H,10-11,15-16,18-19H2,1-3H3/t22-,26-,27+/m1/s1. The molecule has 4 heteroatoms. The molecule has 3 atom stereocenters. The van der Waals surface area contributed by atoms with Crippen molar-refractivity contribution in [3.8, 4) is 17.6 Å². The highest BCUT2D eigenvalue weighted by Gasteiger charge is 2.51. The zero-order chi connectivity index (χ0) is 22.1. The minimum absolute atomic E-state index is 0.0111. The van der Waals surface area contributed by atoms with E-state index in [1.807, 2.05) is 21.0 Å². The lowest BCUT2D eigenvalue weighted by Gasteiger charge is -2.52. The molecular weight excluding hydrogens is 402 g/mol. The van der Waals surface area contributed by atoms with E-state index < -0.39 is 5.60 Å². The molecule has 0 radical (unpaired) electrons. The zero-order valence-electron chi connectivity index (χ0n) is 18.6. The fourth-order valence-electron chi connectivity index (χ4n) is 5.55. The predicted molar refractivity (Wildman–Crippen MR) is 129 cm³/mol. The van der Waals surface area contributed by atoms with Crippen molar-refractivity contribution in [1.29, 1.82) is 0 Å². The normalized spacial score (nSPS) is 26.6. The van der Waals surface area contributed by atoms with Crippen LogP contribution in [-0.4, -0.2) is 34.9 Å². The van der Waals surface area contributed by atoms with Gasteiger partial charge >= 0.3 is 0 Å². The Kier molecular flexibility index (Phi) is 6.10. The first-order chi connectivity index (χ1) is 14.8. The van der Waals surface area contributed by atoms with Crippen molar-refractivity contribution in [2.75, 3.05) is 14.1 Å². The molecule has 3 nitrogen and oxygen atoms in total. The van der Waals surface area contributed by atoms with Crippen molar-refractivity contribution in [2.24, 2.45) is 5.92 Å². The van der Waals surface area contributed by atoms with Crippen molar-refractivity contribution in [3.05, 3.63) is 65.2 Å². The summed E-state index contributed by atoms with van der Waals surface area (Å²) in [6.45, 7) is 1.82. The Hall–Kier alpha value is -2.35. The van der Waals surface area contributed by atoms with Crippen molar-refractivity contribution < 1.29 is 9.84 Å². The first-order valence-electron chi connectivity index (χ1n) is 11.1. The van der Waals surface area contributed by atoms with E-state index in [4.69, 9.17) is 17.0 Å². The Bertz CT molecular complexity index is 1020. The van der Waals surface area contributed by atoms with E-state index in [1.165, 1.54) is 16.7 Å². The van der Waals surface area contributed by atoms with E-state index in [2.05, 4.69) is 60.4 Å². The average molecular weight is 434 g/mol. The second-order valence-electron chi connectivity index (χ2n) is 9.25. The molecule has 0 saturated heterocycles. The predicted octanol–water partition coefficient (Wildman–Crippen LogP) is 4.89. The van der Waals surface area contributed by atoms with Gasteiger partial charge in [0.15, 0.2) is 0 Å². The summed E-state index contributed by atoms with van der Waals surface area (Å²) in [7, 11) is 3.78. The number of thiocarbonyl (C=S) groups is 1. The molecule has 1 fully saturated rings. The summed E-state index contributed by atoms with van der Waals surface area (Å²) in [6, 6.07) is 17.2. The van der Waals surface area contributed by atoms with Gasteiger partial charge in [-0.3, -0.25) is 0 Å². The Morgan fingerprint density at radius 1 is 1.19 bits per heavy atom. The molecule has 4 rings (SSSR count). The van der Waals surface area contributed by atoms with Gasteiger partial charge < -0.3 is 14.7 Å². The molecule has 0 unspecified atom stereocenters. The maximum Gasteiger partial charge on any atom is 0.264 e. The van der Waals surface area contributed by atoms with E-state index >= 15 is 0 Å². The van der Waals surface area contributed by atoms with Gasteiger partial charge in [0.1, 0.15) is 11.4 Å². The van der Waals surface area contributed by atoms with Crippen LogP contribution in [0.15, 0.2) is 48.5 Å². The van der Waals surface area contributed by atoms with Crippen molar-refractivity contribution >= 4 is 17.4 Å². The second kappa shape index (κ2) is 8.65. The molecule has 1 N–H and O–H groups in total. The smallest absolute Gasteiger partial charge is 0.264 e. The van der Waals surface area contributed by atoms with E-state index in [1.54, 1.807) is 4.90 Å². The van der Waals surface area contributed by atoms with Crippen LogP contribution in [-0.2, 0) is 18.3 Å². The summed E-state index contributed by atoms with van der Waals surface area (Å²) in [5.41, 5.74) is 3.25. The summed E-state index contributed by atoms with van der Waals surface area (Å²) in [5, 5.41) is 11.6. The number of ether oxygens (including phenoxy) is 1. The molecule has 2 aromatic rings. The fourth-order valence-corrected chi connectivity index (χ4v) is 5.65. The van der Waals surface area contributed by atoms with E-state index in [0.29, 0.717) is 17.5 Å². The molecule has 162 valence electrons. The van der Waals surface area contributed by atoms with Crippen molar-refractivity contribution in [1.82, 2.24) is 4.90 Å². The van der Waals surface area contributed by atoms with Gasteiger partial charge in [-0.1, -0.05) is 42.3 Å². The van der Waals surface area contributed by atoms with Crippen LogP contribution in [0.3, 0.4) is 0 Å². The molecular formula is C27H31NO2S. The summed E-state index contributed by atoms with van der Waals surface area (Å²) in [6.07, 6.45) is 5.40. The van der Waals surface area contributed by atoms with Gasteiger partial charge in [0.2, 0.25) is 0 Å². The molecule has 0 heterocycles. The molecule has 0 bridgehead atoms. The summed E-state index contributed by atoms with van der Waals surface area (Å²) < 4.78 is 5.89.